The molecule has 0 aliphatic carbocycles. The van der Waals surface area contributed by atoms with Crippen molar-refractivity contribution in [2.75, 3.05) is 13.2 Å². The van der Waals surface area contributed by atoms with E-state index in [-0.39, 0.29) is 23.2 Å². The standard InChI is InChI=1S/C25H30O4S/c1-6-25(5,29-14-13-24(2,3)4)22(26)16-28-17-11-12-21-19(15-17)23(27)18-9-7-8-10-20(18)30-21/h7-12,15H,6,13-14,16H2,1-5H3. The summed E-state index contributed by atoms with van der Waals surface area (Å²) in [6.45, 7) is 10.7. The Balaban J connectivity index is 1.74. The number of rotatable bonds is 8. The minimum Gasteiger partial charge on any atom is -0.486 e. The van der Waals surface area contributed by atoms with E-state index in [1.165, 1.54) is 0 Å². The van der Waals surface area contributed by atoms with E-state index in [9.17, 15) is 9.59 Å². The third kappa shape index (κ3) is 5.08. The van der Waals surface area contributed by atoms with Gasteiger partial charge in [-0.15, -0.1) is 11.3 Å². The highest BCUT2D eigenvalue weighted by atomic mass is 32.1. The Morgan fingerprint density at radius 2 is 1.70 bits per heavy atom. The van der Waals surface area contributed by atoms with Gasteiger partial charge in [-0.1, -0.05) is 39.8 Å². The molecular weight excluding hydrogens is 396 g/mol. The number of benzene rings is 2. The highest BCUT2D eigenvalue weighted by Crippen LogP contribution is 2.28. The Labute approximate surface area is 181 Å². The summed E-state index contributed by atoms with van der Waals surface area (Å²) in [5.74, 6) is 0.422. The molecule has 0 N–H and O–H groups in total. The SMILES string of the molecule is CCC(C)(OCCC(C)(C)C)C(=O)COc1ccc2sc3ccccc3c(=O)c2c1. The number of hydrogen-bond donors (Lipinski definition) is 0. The lowest BCUT2D eigenvalue weighted by Crippen LogP contribution is -2.41. The van der Waals surface area contributed by atoms with Gasteiger partial charge in [-0.2, -0.15) is 0 Å². The Morgan fingerprint density at radius 1 is 1.00 bits per heavy atom. The van der Waals surface area contributed by atoms with E-state index < -0.39 is 5.60 Å². The van der Waals surface area contributed by atoms with Crippen LogP contribution in [0.2, 0.25) is 0 Å². The van der Waals surface area contributed by atoms with E-state index in [4.69, 9.17) is 9.47 Å². The molecular formula is C25H30O4S. The molecule has 0 fully saturated rings. The monoisotopic (exact) mass is 426 g/mol. The van der Waals surface area contributed by atoms with E-state index in [1.54, 1.807) is 17.4 Å². The molecule has 0 aliphatic heterocycles. The van der Waals surface area contributed by atoms with Gasteiger partial charge in [0.05, 0.1) is 0 Å². The summed E-state index contributed by atoms with van der Waals surface area (Å²) >= 11 is 1.57. The second kappa shape index (κ2) is 8.86. The van der Waals surface area contributed by atoms with E-state index in [0.717, 1.165) is 15.8 Å². The summed E-state index contributed by atoms with van der Waals surface area (Å²) in [7, 11) is 0. The molecule has 0 aliphatic rings. The molecule has 2 aromatic carbocycles. The van der Waals surface area contributed by atoms with Crippen molar-refractivity contribution in [1.29, 1.82) is 0 Å². The Morgan fingerprint density at radius 3 is 2.40 bits per heavy atom. The lowest BCUT2D eigenvalue weighted by Gasteiger charge is -2.29. The maximum Gasteiger partial charge on any atom is 0.201 e. The molecule has 0 spiro atoms. The van der Waals surface area contributed by atoms with Crippen LogP contribution in [0.15, 0.2) is 47.3 Å². The minimum absolute atomic E-state index is 0.0139. The third-order valence-corrected chi connectivity index (χ3v) is 6.61. The van der Waals surface area contributed by atoms with Crippen molar-refractivity contribution in [3.63, 3.8) is 0 Å². The zero-order valence-corrected chi connectivity index (χ0v) is 19.2. The fraction of sp³-hybridized carbons (Fsp3) is 0.440. The molecule has 30 heavy (non-hydrogen) atoms. The van der Waals surface area contributed by atoms with Crippen molar-refractivity contribution in [3.8, 4) is 5.75 Å². The summed E-state index contributed by atoms with van der Waals surface area (Å²) in [5, 5.41) is 1.32. The first-order valence-corrected chi connectivity index (χ1v) is 11.2. The number of ether oxygens (including phenoxy) is 2. The van der Waals surface area contributed by atoms with E-state index in [2.05, 4.69) is 20.8 Å². The number of hydrogen-bond acceptors (Lipinski definition) is 5. The fourth-order valence-corrected chi connectivity index (χ4v) is 4.19. The first kappa shape index (κ1) is 22.4. The molecule has 3 rings (SSSR count). The van der Waals surface area contributed by atoms with Crippen molar-refractivity contribution in [1.82, 2.24) is 0 Å². The van der Waals surface area contributed by atoms with Crippen LogP contribution in [-0.2, 0) is 9.53 Å². The molecule has 1 heterocycles. The van der Waals surface area contributed by atoms with Gasteiger partial charge < -0.3 is 9.47 Å². The van der Waals surface area contributed by atoms with Gasteiger partial charge in [0, 0.05) is 26.8 Å². The van der Waals surface area contributed by atoms with Gasteiger partial charge in [-0.3, -0.25) is 9.59 Å². The smallest absolute Gasteiger partial charge is 0.201 e. The molecule has 5 heteroatoms. The van der Waals surface area contributed by atoms with Crippen LogP contribution in [0, 0.1) is 5.41 Å². The van der Waals surface area contributed by atoms with Gasteiger partial charge >= 0.3 is 0 Å². The Bertz CT molecular complexity index is 1110. The number of carbonyl (C=O) groups is 1. The minimum atomic E-state index is -0.871. The highest BCUT2D eigenvalue weighted by Gasteiger charge is 2.32. The predicted molar refractivity (Wildman–Crippen MR) is 125 cm³/mol. The molecule has 0 saturated carbocycles. The maximum absolute atomic E-state index is 12.8. The van der Waals surface area contributed by atoms with Crippen LogP contribution in [0.4, 0.5) is 0 Å². The van der Waals surface area contributed by atoms with Gasteiger partial charge in [0.1, 0.15) is 18.0 Å². The van der Waals surface area contributed by atoms with Crippen molar-refractivity contribution < 1.29 is 14.3 Å². The molecule has 4 nitrogen and oxygen atoms in total. The van der Waals surface area contributed by atoms with Crippen molar-refractivity contribution in [3.05, 3.63) is 52.7 Å². The van der Waals surface area contributed by atoms with E-state index in [1.807, 2.05) is 50.2 Å². The number of ketones is 1. The Kier molecular flexibility index (Phi) is 6.63. The fourth-order valence-electron chi connectivity index (χ4n) is 3.14. The summed E-state index contributed by atoms with van der Waals surface area (Å²) in [5.41, 5.74) is -0.732. The van der Waals surface area contributed by atoms with Gasteiger partial charge in [0.15, 0.2) is 5.43 Å². The lowest BCUT2D eigenvalue weighted by atomic mass is 9.92. The normalized spacial score (nSPS) is 14.0. The van der Waals surface area contributed by atoms with Crippen LogP contribution < -0.4 is 10.2 Å². The molecule has 1 unspecified atom stereocenters. The van der Waals surface area contributed by atoms with Crippen LogP contribution in [0.3, 0.4) is 0 Å². The van der Waals surface area contributed by atoms with Gasteiger partial charge in [-0.25, -0.2) is 0 Å². The second-order valence-corrected chi connectivity index (χ2v) is 10.1. The van der Waals surface area contributed by atoms with Gasteiger partial charge in [-0.05, 0) is 55.5 Å². The quantitative estimate of drug-likeness (QED) is 0.416. The van der Waals surface area contributed by atoms with Crippen LogP contribution in [0.25, 0.3) is 20.2 Å². The summed E-state index contributed by atoms with van der Waals surface area (Å²) in [6.07, 6.45) is 1.46. The first-order chi connectivity index (χ1) is 14.1. The molecule has 1 aromatic heterocycles. The topological polar surface area (TPSA) is 52.6 Å². The van der Waals surface area contributed by atoms with Crippen molar-refractivity contribution >= 4 is 37.3 Å². The first-order valence-electron chi connectivity index (χ1n) is 10.4. The molecule has 0 saturated heterocycles. The molecule has 0 radical (unpaired) electrons. The number of carbonyl (C=O) groups excluding carboxylic acids is 1. The lowest BCUT2D eigenvalue weighted by molar-refractivity contribution is -0.146. The second-order valence-electron chi connectivity index (χ2n) is 9.04. The maximum atomic E-state index is 12.8. The summed E-state index contributed by atoms with van der Waals surface area (Å²) in [6, 6.07) is 13.0. The summed E-state index contributed by atoms with van der Waals surface area (Å²) < 4.78 is 13.6. The average molecular weight is 427 g/mol. The van der Waals surface area contributed by atoms with Gasteiger partial charge in [0.2, 0.25) is 5.78 Å². The van der Waals surface area contributed by atoms with Crippen LogP contribution in [-0.4, -0.2) is 24.6 Å². The highest BCUT2D eigenvalue weighted by molar-refractivity contribution is 7.24. The Hall–Kier alpha value is -2.24. The third-order valence-electron chi connectivity index (χ3n) is 5.45. The largest absolute Gasteiger partial charge is 0.486 e. The zero-order valence-electron chi connectivity index (χ0n) is 18.4. The zero-order chi connectivity index (χ0) is 21.9. The van der Waals surface area contributed by atoms with E-state index in [0.29, 0.717) is 29.5 Å². The van der Waals surface area contributed by atoms with Crippen LogP contribution >= 0.6 is 11.3 Å². The number of fused-ring (bicyclic) bond motifs is 2. The van der Waals surface area contributed by atoms with Crippen molar-refractivity contribution in [2.45, 2.75) is 53.1 Å². The molecule has 1 atom stereocenters. The van der Waals surface area contributed by atoms with Crippen LogP contribution in [0.5, 0.6) is 5.75 Å². The average Bonchev–Trinajstić information content (AvgIpc) is 2.71. The van der Waals surface area contributed by atoms with Gasteiger partial charge in [0.25, 0.3) is 0 Å². The van der Waals surface area contributed by atoms with Crippen LogP contribution in [0.1, 0.15) is 47.5 Å². The molecule has 0 bridgehead atoms. The predicted octanol–water partition coefficient (Wildman–Crippen LogP) is 5.98. The van der Waals surface area contributed by atoms with E-state index >= 15 is 0 Å². The molecule has 0 amide bonds. The molecule has 160 valence electrons. The number of Topliss-reactive ketones (excluding diaryl/α,β-unsaturated/α-hetero) is 1. The van der Waals surface area contributed by atoms with Crippen molar-refractivity contribution in [2.24, 2.45) is 5.41 Å². The molecule has 3 aromatic rings. The summed E-state index contributed by atoms with van der Waals surface area (Å²) in [4.78, 5) is 25.7.